The molecule has 0 saturated heterocycles. The van der Waals surface area contributed by atoms with Crippen LogP contribution in [0.1, 0.15) is 30.5 Å². The summed E-state index contributed by atoms with van der Waals surface area (Å²) in [5, 5.41) is 3.87. The zero-order chi connectivity index (χ0) is 11.8. The van der Waals surface area contributed by atoms with E-state index < -0.39 is 0 Å². The first-order valence-corrected chi connectivity index (χ1v) is 6.34. The largest absolute Gasteiger partial charge is 0.339 e. The number of rotatable bonds is 3. The van der Waals surface area contributed by atoms with Gasteiger partial charge in [0.15, 0.2) is 5.82 Å². The molecule has 2 aromatic rings. The maximum atomic E-state index is 11.8. The molecule has 0 bridgehead atoms. The summed E-state index contributed by atoms with van der Waals surface area (Å²) in [7, 11) is 0. The van der Waals surface area contributed by atoms with E-state index in [0.717, 1.165) is 12.8 Å². The van der Waals surface area contributed by atoms with Crippen LogP contribution in [-0.2, 0) is 6.54 Å². The maximum absolute atomic E-state index is 11.8. The summed E-state index contributed by atoms with van der Waals surface area (Å²) in [6.45, 7) is 0.304. The van der Waals surface area contributed by atoms with Crippen LogP contribution in [0.4, 0.5) is 0 Å². The van der Waals surface area contributed by atoms with Crippen molar-refractivity contribution in [3.63, 3.8) is 0 Å². The molecule has 3 rings (SSSR count). The molecule has 2 aromatic heterocycles. The van der Waals surface area contributed by atoms with Crippen molar-refractivity contribution in [2.45, 2.75) is 25.3 Å². The molecular weight excluding hydrogens is 335 g/mol. The van der Waals surface area contributed by atoms with Crippen LogP contribution in [0.2, 0.25) is 0 Å². The van der Waals surface area contributed by atoms with E-state index in [1.807, 2.05) is 22.6 Å². The third-order valence-corrected chi connectivity index (χ3v) is 3.32. The summed E-state index contributed by atoms with van der Waals surface area (Å²) in [6, 6.07) is 0. The Kier molecular flexibility index (Phi) is 2.69. The van der Waals surface area contributed by atoms with Gasteiger partial charge in [0.05, 0.1) is 16.4 Å². The predicted molar refractivity (Wildman–Crippen MR) is 66.6 cm³/mol. The lowest BCUT2D eigenvalue weighted by molar-refractivity contribution is 0.372. The molecule has 0 unspecified atom stereocenters. The fourth-order valence-electron chi connectivity index (χ4n) is 1.52. The van der Waals surface area contributed by atoms with Crippen LogP contribution in [-0.4, -0.2) is 19.7 Å². The lowest BCUT2D eigenvalue weighted by atomic mass is 10.4. The molecule has 17 heavy (non-hydrogen) atoms. The van der Waals surface area contributed by atoms with Gasteiger partial charge in [-0.15, -0.1) is 0 Å². The molecule has 7 heteroatoms. The number of aromatic nitrogens is 4. The zero-order valence-corrected chi connectivity index (χ0v) is 11.0. The van der Waals surface area contributed by atoms with E-state index >= 15 is 0 Å². The molecule has 1 aliphatic carbocycles. The first-order valence-electron chi connectivity index (χ1n) is 5.26. The SMILES string of the molecule is O=c1c(I)cncn1Cc1noc(C2CC2)n1. The van der Waals surface area contributed by atoms with Crippen LogP contribution in [0.5, 0.6) is 0 Å². The summed E-state index contributed by atoms with van der Waals surface area (Å²) in [5.41, 5.74) is -0.0848. The molecule has 0 radical (unpaired) electrons. The molecule has 0 spiro atoms. The summed E-state index contributed by atoms with van der Waals surface area (Å²) < 4.78 is 7.19. The Morgan fingerprint density at radius 3 is 3.12 bits per heavy atom. The lowest BCUT2D eigenvalue weighted by Gasteiger charge is -2.00. The van der Waals surface area contributed by atoms with Gasteiger partial charge in [-0.05, 0) is 35.4 Å². The number of hydrogen-bond acceptors (Lipinski definition) is 5. The van der Waals surface area contributed by atoms with E-state index in [4.69, 9.17) is 4.52 Å². The molecule has 0 aliphatic heterocycles. The van der Waals surface area contributed by atoms with Gasteiger partial charge < -0.3 is 4.52 Å². The molecule has 2 heterocycles. The van der Waals surface area contributed by atoms with Crippen LogP contribution in [0.25, 0.3) is 0 Å². The van der Waals surface area contributed by atoms with Crippen molar-refractivity contribution in [2.75, 3.05) is 0 Å². The molecule has 1 aliphatic rings. The van der Waals surface area contributed by atoms with Crippen molar-refractivity contribution in [3.05, 3.63) is 38.2 Å². The van der Waals surface area contributed by atoms with Crippen molar-refractivity contribution >= 4 is 22.6 Å². The van der Waals surface area contributed by atoms with Crippen molar-refractivity contribution < 1.29 is 4.52 Å². The predicted octanol–water partition coefficient (Wildman–Crippen LogP) is 1.16. The number of hydrogen-bond donors (Lipinski definition) is 0. The van der Waals surface area contributed by atoms with Crippen LogP contribution in [0, 0.1) is 3.57 Å². The summed E-state index contributed by atoms with van der Waals surface area (Å²) in [6.07, 6.45) is 5.25. The average Bonchev–Trinajstić information content (AvgIpc) is 3.06. The molecule has 6 nitrogen and oxygen atoms in total. The third-order valence-electron chi connectivity index (χ3n) is 2.58. The van der Waals surface area contributed by atoms with Crippen molar-refractivity contribution in [1.82, 2.24) is 19.7 Å². The molecule has 0 N–H and O–H groups in total. The Labute approximate surface area is 110 Å². The fraction of sp³-hybridized carbons (Fsp3) is 0.400. The molecule has 0 aromatic carbocycles. The van der Waals surface area contributed by atoms with Crippen LogP contribution in [0.3, 0.4) is 0 Å². The number of nitrogens with zero attached hydrogens (tertiary/aromatic N) is 4. The molecular formula is C10H9IN4O2. The van der Waals surface area contributed by atoms with Gasteiger partial charge in [-0.2, -0.15) is 4.98 Å². The van der Waals surface area contributed by atoms with Gasteiger partial charge in [0.2, 0.25) is 5.89 Å². The minimum absolute atomic E-state index is 0.0848. The summed E-state index contributed by atoms with van der Waals surface area (Å²) >= 11 is 1.96. The highest BCUT2D eigenvalue weighted by Gasteiger charge is 2.29. The minimum Gasteiger partial charge on any atom is -0.339 e. The monoisotopic (exact) mass is 344 g/mol. The molecule has 1 saturated carbocycles. The van der Waals surface area contributed by atoms with E-state index in [9.17, 15) is 4.79 Å². The van der Waals surface area contributed by atoms with Gasteiger partial charge in [0.25, 0.3) is 5.56 Å². The van der Waals surface area contributed by atoms with E-state index in [2.05, 4.69) is 15.1 Å². The quantitative estimate of drug-likeness (QED) is 0.782. The first-order chi connectivity index (χ1) is 8.24. The second-order valence-electron chi connectivity index (χ2n) is 4.00. The maximum Gasteiger partial charge on any atom is 0.267 e. The highest BCUT2D eigenvalue weighted by molar-refractivity contribution is 14.1. The summed E-state index contributed by atoms with van der Waals surface area (Å²) in [5.74, 6) is 1.64. The topological polar surface area (TPSA) is 73.8 Å². The molecule has 0 atom stereocenters. The average molecular weight is 344 g/mol. The van der Waals surface area contributed by atoms with E-state index in [-0.39, 0.29) is 5.56 Å². The Bertz CT molecular complexity index is 602. The van der Waals surface area contributed by atoms with Crippen LogP contribution < -0.4 is 5.56 Å². The number of halogens is 1. The zero-order valence-electron chi connectivity index (χ0n) is 8.84. The van der Waals surface area contributed by atoms with Gasteiger partial charge in [-0.3, -0.25) is 9.36 Å². The second-order valence-corrected chi connectivity index (χ2v) is 5.16. The Morgan fingerprint density at radius 1 is 1.53 bits per heavy atom. The van der Waals surface area contributed by atoms with Gasteiger partial charge in [0, 0.05) is 12.1 Å². The molecule has 1 fully saturated rings. The van der Waals surface area contributed by atoms with Crippen molar-refractivity contribution in [1.29, 1.82) is 0 Å². The molecule has 0 amide bonds. The van der Waals surface area contributed by atoms with Gasteiger partial charge in [-0.1, -0.05) is 5.16 Å². The van der Waals surface area contributed by atoms with Crippen molar-refractivity contribution in [3.8, 4) is 0 Å². The smallest absolute Gasteiger partial charge is 0.267 e. The second kappa shape index (κ2) is 4.21. The molecule has 88 valence electrons. The van der Waals surface area contributed by atoms with Gasteiger partial charge in [-0.25, -0.2) is 4.98 Å². The van der Waals surface area contributed by atoms with Gasteiger partial charge in [0.1, 0.15) is 0 Å². The standard InChI is InChI=1S/C10H9IN4O2/c11-7-3-12-5-15(10(7)16)4-8-13-9(17-14-8)6-1-2-6/h3,5-6H,1-2,4H2. The highest BCUT2D eigenvalue weighted by atomic mass is 127. The summed E-state index contributed by atoms with van der Waals surface area (Å²) in [4.78, 5) is 20.0. The van der Waals surface area contributed by atoms with E-state index in [0.29, 0.717) is 27.7 Å². The minimum atomic E-state index is -0.0848. The van der Waals surface area contributed by atoms with Gasteiger partial charge >= 0.3 is 0 Å². The van der Waals surface area contributed by atoms with E-state index in [1.54, 1.807) is 0 Å². The Morgan fingerprint density at radius 2 is 2.35 bits per heavy atom. The Hall–Kier alpha value is -1.25. The van der Waals surface area contributed by atoms with Crippen LogP contribution in [0.15, 0.2) is 21.8 Å². The third kappa shape index (κ3) is 2.24. The van der Waals surface area contributed by atoms with E-state index in [1.165, 1.54) is 17.1 Å². The van der Waals surface area contributed by atoms with Crippen molar-refractivity contribution in [2.24, 2.45) is 0 Å². The lowest BCUT2D eigenvalue weighted by Crippen LogP contribution is -2.23. The first kappa shape index (κ1) is 10.9. The fourth-order valence-corrected chi connectivity index (χ4v) is 1.99. The van der Waals surface area contributed by atoms with Crippen LogP contribution >= 0.6 is 22.6 Å². The Balaban J connectivity index is 1.85. The highest BCUT2D eigenvalue weighted by Crippen LogP contribution is 2.38. The normalized spacial score (nSPS) is 15.1.